The zero-order valence-corrected chi connectivity index (χ0v) is 4.92. The Balaban J connectivity index is -0.0000000200. The quantitative estimate of drug-likeness (QED) is 0.282. The number of rotatable bonds is 0. The Kier molecular flexibility index (Phi) is 82.7. The van der Waals surface area contributed by atoms with Crippen LogP contribution in [-0.2, 0) is 29.7 Å². The van der Waals surface area contributed by atoms with Gasteiger partial charge in [-0.15, -0.1) is 0 Å². The van der Waals surface area contributed by atoms with Gasteiger partial charge in [0.1, 0.15) is 0 Å². The van der Waals surface area contributed by atoms with Crippen LogP contribution >= 0.6 is 13.5 Å². The van der Waals surface area contributed by atoms with Crippen LogP contribution in [0.15, 0.2) is 0 Å². The van der Waals surface area contributed by atoms with Crippen LogP contribution in [0.1, 0.15) is 0 Å². The standard InChI is InChI=1S/CHNS.Cu.H2S/c2-1-3;;/h3H;;1H2/q;+1;/p-1. The second kappa shape index (κ2) is 23.5. The summed E-state index contributed by atoms with van der Waals surface area (Å²) < 4.78 is 0. The van der Waals surface area contributed by atoms with Gasteiger partial charge in [0.05, 0.1) is 0 Å². The van der Waals surface area contributed by atoms with Crippen LogP contribution in [0.25, 0.3) is 0 Å². The van der Waals surface area contributed by atoms with E-state index in [0.29, 0.717) is 0 Å². The van der Waals surface area contributed by atoms with Crippen molar-refractivity contribution < 1.29 is 17.1 Å². The minimum absolute atomic E-state index is 0. The molecule has 4 heteroatoms. The molecule has 0 atom stereocenters. The van der Waals surface area contributed by atoms with Gasteiger partial charge in [0, 0.05) is 0 Å². The Hall–Kier alpha value is 0.579. The molecule has 0 aliphatic rings. The summed E-state index contributed by atoms with van der Waals surface area (Å²) in [4.78, 5) is 0. The van der Waals surface area contributed by atoms with E-state index in [2.05, 4.69) is 12.6 Å². The van der Waals surface area contributed by atoms with E-state index in [9.17, 15) is 0 Å². The minimum atomic E-state index is 0. The molecule has 0 bridgehead atoms. The molecular formula is CH2CuNS2. The monoisotopic (exact) mass is 155 g/mol. The average molecular weight is 156 g/mol. The summed E-state index contributed by atoms with van der Waals surface area (Å²) in [6, 6.07) is 0. The van der Waals surface area contributed by atoms with Crippen molar-refractivity contribution in [2.24, 2.45) is 0 Å². The molecule has 0 saturated carbocycles. The van der Waals surface area contributed by atoms with Crippen molar-refractivity contribution in [3.63, 3.8) is 0 Å². The van der Waals surface area contributed by atoms with Crippen molar-refractivity contribution in [1.82, 2.24) is 0 Å². The van der Waals surface area contributed by atoms with Crippen molar-refractivity contribution in [2.75, 3.05) is 0 Å². The summed E-state index contributed by atoms with van der Waals surface area (Å²) in [6.45, 7) is 0. The van der Waals surface area contributed by atoms with Crippen LogP contribution in [0, 0.1) is 10.7 Å². The summed E-state index contributed by atoms with van der Waals surface area (Å²) in [7, 11) is 0. The molecule has 0 spiro atoms. The van der Waals surface area contributed by atoms with Crippen LogP contribution in [-0.4, -0.2) is 0 Å². The van der Waals surface area contributed by atoms with E-state index in [1.807, 2.05) is 0 Å². The van der Waals surface area contributed by atoms with Crippen LogP contribution in [0.3, 0.4) is 0 Å². The Labute approximate surface area is 54.1 Å². The maximum Gasteiger partial charge on any atom is 1.00 e. The Morgan fingerprint density at radius 1 is 1.60 bits per heavy atom. The van der Waals surface area contributed by atoms with Gasteiger partial charge >= 0.3 is 17.1 Å². The van der Waals surface area contributed by atoms with Gasteiger partial charge in [-0.05, 0) is 0 Å². The van der Waals surface area contributed by atoms with Gasteiger partial charge in [-0.2, -0.15) is 13.5 Å². The van der Waals surface area contributed by atoms with Gasteiger partial charge < -0.3 is 12.6 Å². The first-order chi connectivity index (χ1) is 1.41. The molecule has 34 valence electrons. The molecular weight excluding hydrogens is 154 g/mol. The van der Waals surface area contributed by atoms with Crippen LogP contribution in [0.2, 0.25) is 0 Å². The largest absolute Gasteiger partial charge is 1.00 e. The van der Waals surface area contributed by atoms with Crippen LogP contribution < -0.4 is 0 Å². The molecule has 1 nitrogen and oxygen atoms in total. The minimum Gasteiger partial charge on any atom is -0.696 e. The van der Waals surface area contributed by atoms with E-state index in [1.54, 1.807) is 0 Å². The zero-order chi connectivity index (χ0) is 2.71. The molecule has 0 aromatic carbocycles. The third-order valence-electron chi connectivity index (χ3n) is 0. The van der Waals surface area contributed by atoms with Gasteiger partial charge in [-0.1, -0.05) is 5.40 Å². The fourth-order valence-corrected chi connectivity index (χ4v) is 0. The third-order valence-corrected chi connectivity index (χ3v) is 0. The molecule has 0 aliphatic heterocycles. The Bertz CT molecular complexity index is 31.1. The van der Waals surface area contributed by atoms with Crippen LogP contribution in [0.4, 0.5) is 0 Å². The summed E-state index contributed by atoms with van der Waals surface area (Å²) >= 11 is 3.70. The topological polar surface area (TPSA) is 23.8 Å². The van der Waals surface area contributed by atoms with Crippen molar-refractivity contribution in [3.8, 4) is 5.40 Å². The fourth-order valence-electron chi connectivity index (χ4n) is 0. The molecule has 0 radical (unpaired) electrons. The first-order valence-electron chi connectivity index (χ1n) is 0.428. The molecule has 0 unspecified atom stereocenters. The van der Waals surface area contributed by atoms with E-state index < -0.39 is 0 Å². The molecule has 5 heavy (non-hydrogen) atoms. The number of thiocyanates is 1. The number of hydrogen-bond donors (Lipinski definition) is 0. The molecule has 0 amide bonds. The van der Waals surface area contributed by atoms with E-state index in [-0.39, 0.29) is 30.6 Å². The van der Waals surface area contributed by atoms with Gasteiger partial charge in [-0.25, -0.2) is 5.26 Å². The zero-order valence-electron chi connectivity index (χ0n) is 2.16. The maximum atomic E-state index is 7.13. The average Bonchev–Trinajstić information content (AvgIpc) is 0.918. The van der Waals surface area contributed by atoms with E-state index in [1.165, 1.54) is 5.40 Å². The second-order valence-corrected chi connectivity index (χ2v) is 0.274. The predicted molar refractivity (Wildman–Crippen MR) is 23.4 cm³/mol. The van der Waals surface area contributed by atoms with Crippen molar-refractivity contribution in [1.29, 1.82) is 5.26 Å². The van der Waals surface area contributed by atoms with Gasteiger partial charge in [0.2, 0.25) is 0 Å². The summed E-state index contributed by atoms with van der Waals surface area (Å²) in [5, 5.41) is 8.47. The van der Waals surface area contributed by atoms with Crippen molar-refractivity contribution >= 4 is 26.1 Å². The smallest absolute Gasteiger partial charge is 0.696 e. The molecule has 0 aliphatic carbocycles. The maximum absolute atomic E-state index is 7.13. The molecule has 0 aromatic rings. The van der Waals surface area contributed by atoms with E-state index >= 15 is 0 Å². The molecule has 0 fully saturated rings. The number of nitriles is 1. The van der Waals surface area contributed by atoms with Gasteiger partial charge in [0.15, 0.2) is 0 Å². The summed E-state index contributed by atoms with van der Waals surface area (Å²) in [6.07, 6.45) is 0. The first-order valence-corrected chi connectivity index (χ1v) is 0.836. The molecule has 0 heterocycles. The number of nitrogens with zero attached hydrogens (tertiary/aromatic N) is 1. The second-order valence-electron chi connectivity index (χ2n) is 0.0913. The predicted octanol–water partition coefficient (Wildman–Crippen LogP) is 0.125. The van der Waals surface area contributed by atoms with Crippen molar-refractivity contribution in [2.45, 2.75) is 0 Å². The Morgan fingerprint density at radius 2 is 1.60 bits per heavy atom. The number of hydrogen-bond acceptors (Lipinski definition) is 2. The van der Waals surface area contributed by atoms with Gasteiger partial charge in [0.25, 0.3) is 0 Å². The van der Waals surface area contributed by atoms with E-state index in [0.717, 1.165) is 0 Å². The molecule has 0 rings (SSSR count). The third kappa shape index (κ3) is 90.7. The van der Waals surface area contributed by atoms with E-state index in [4.69, 9.17) is 5.26 Å². The molecule has 0 aromatic heterocycles. The van der Waals surface area contributed by atoms with Crippen LogP contribution in [0.5, 0.6) is 0 Å². The molecule has 0 saturated heterocycles. The SMILES string of the molecule is N#C[S-].S.[Cu+]. The first kappa shape index (κ1) is 17.6. The normalized spacial score (nSPS) is 1.40. The molecule has 0 N–H and O–H groups in total. The summed E-state index contributed by atoms with van der Waals surface area (Å²) in [5.74, 6) is 0. The van der Waals surface area contributed by atoms with Crippen molar-refractivity contribution in [3.05, 3.63) is 0 Å². The fraction of sp³-hybridized carbons (Fsp3) is 0. The summed E-state index contributed by atoms with van der Waals surface area (Å²) in [5.41, 5.74) is 0. The van der Waals surface area contributed by atoms with Gasteiger partial charge in [-0.3, -0.25) is 0 Å². The Morgan fingerprint density at radius 3 is 1.60 bits per heavy atom.